The zero-order valence-electron chi connectivity index (χ0n) is 11.6. The smallest absolute Gasteiger partial charge is 0.460 e. The molecule has 124 valence electrons. The molecule has 0 atom stereocenters. The molecular weight excluding hydrogens is 321 g/mol. The summed E-state index contributed by atoms with van der Waals surface area (Å²) < 4.78 is 93.6. The maximum absolute atomic E-state index is 13.4. The van der Waals surface area contributed by atoms with Crippen molar-refractivity contribution in [2.45, 2.75) is 31.9 Å². The van der Waals surface area contributed by atoms with Crippen molar-refractivity contribution in [2.75, 3.05) is 7.11 Å². The molecule has 0 radical (unpaired) electrons. The predicted molar refractivity (Wildman–Crippen MR) is 62.7 cm³/mol. The van der Waals surface area contributed by atoms with Gasteiger partial charge in [0.2, 0.25) is 5.78 Å². The van der Waals surface area contributed by atoms with Crippen molar-refractivity contribution in [1.29, 1.82) is 0 Å². The third-order valence-corrected chi connectivity index (χ3v) is 2.96. The van der Waals surface area contributed by atoms with Gasteiger partial charge in [0.05, 0.1) is 7.11 Å². The van der Waals surface area contributed by atoms with E-state index in [1.807, 2.05) is 0 Å². The number of ether oxygens (including phenoxy) is 1. The van der Waals surface area contributed by atoms with Crippen molar-refractivity contribution in [3.63, 3.8) is 0 Å². The van der Waals surface area contributed by atoms with Crippen molar-refractivity contribution >= 4 is 5.78 Å². The van der Waals surface area contributed by atoms with E-state index in [0.29, 0.717) is 0 Å². The Labute approximate surface area is 120 Å². The largest absolute Gasteiger partial charge is 0.496 e. The third kappa shape index (κ3) is 2.76. The minimum atomic E-state index is -6.55. The number of hydrogen-bond donors (Lipinski definition) is 0. The van der Waals surface area contributed by atoms with Crippen LogP contribution in [-0.2, 0) is 0 Å². The van der Waals surface area contributed by atoms with Gasteiger partial charge in [0, 0.05) is 5.56 Å². The van der Waals surface area contributed by atoms with E-state index >= 15 is 0 Å². The normalized spacial score (nSPS) is 13.2. The third-order valence-electron chi connectivity index (χ3n) is 2.96. The van der Waals surface area contributed by atoms with Gasteiger partial charge in [0.25, 0.3) is 0 Å². The Morgan fingerprint density at radius 2 is 1.36 bits per heavy atom. The second-order valence-corrected chi connectivity index (χ2v) is 4.62. The summed E-state index contributed by atoms with van der Waals surface area (Å²) >= 11 is 0. The lowest BCUT2D eigenvalue weighted by Gasteiger charge is -2.27. The molecule has 1 aromatic carbocycles. The van der Waals surface area contributed by atoms with Crippen LogP contribution in [0.25, 0.3) is 0 Å². The van der Waals surface area contributed by atoms with Crippen molar-refractivity contribution in [3.05, 3.63) is 28.8 Å². The Morgan fingerprint density at radius 3 is 1.68 bits per heavy atom. The van der Waals surface area contributed by atoms with Crippen molar-refractivity contribution in [2.24, 2.45) is 0 Å². The highest BCUT2D eigenvalue weighted by Crippen LogP contribution is 2.48. The van der Waals surface area contributed by atoms with Crippen LogP contribution in [0.2, 0.25) is 0 Å². The Hall–Kier alpha value is -1.80. The van der Waals surface area contributed by atoms with Crippen LogP contribution in [0.5, 0.6) is 5.75 Å². The Balaban J connectivity index is 3.37. The fourth-order valence-electron chi connectivity index (χ4n) is 1.91. The molecule has 0 saturated carbocycles. The Bertz CT molecular complexity index is 568. The maximum atomic E-state index is 13.4. The van der Waals surface area contributed by atoms with E-state index in [0.717, 1.165) is 12.1 Å². The van der Waals surface area contributed by atoms with Gasteiger partial charge < -0.3 is 4.74 Å². The molecule has 0 fully saturated rings. The number of alkyl halides is 7. The first kappa shape index (κ1) is 18.2. The second-order valence-electron chi connectivity index (χ2n) is 4.62. The van der Waals surface area contributed by atoms with Crippen LogP contribution in [0.3, 0.4) is 0 Å². The molecule has 0 unspecified atom stereocenters. The van der Waals surface area contributed by atoms with E-state index in [1.165, 1.54) is 21.0 Å². The number of ketones is 1. The quantitative estimate of drug-likeness (QED) is 0.606. The van der Waals surface area contributed by atoms with Gasteiger partial charge in [-0.05, 0) is 37.1 Å². The summed E-state index contributed by atoms with van der Waals surface area (Å²) in [5, 5.41) is 0. The van der Waals surface area contributed by atoms with E-state index in [9.17, 15) is 35.5 Å². The fourth-order valence-corrected chi connectivity index (χ4v) is 1.91. The summed E-state index contributed by atoms with van der Waals surface area (Å²) in [4.78, 5) is 11.5. The van der Waals surface area contributed by atoms with E-state index in [4.69, 9.17) is 4.74 Å². The number of halogens is 7. The number of carbonyl (C=O) groups is 1. The first-order valence-electron chi connectivity index (χ1n) is 5.79. The second kappa shape index (κ2) is 5.44. The molecule has 0 aliphatic rings. The lowest BCUT2D eigenvalue weighted by atomic mass is 9.96. The highest BCUT2D eigenvalue weighted by atomic mass is 19.4. The number of Topliss-reactive ketones (excluding diaryl/α,β-unsaturated/α-hetero) is 1. The molecule has 0 N–H and O–H groups in total. The lowest BCUT2D eigenvalue weighted by Crippen LogP contribution is -2.56. The molecular formula is C13H11F7O2. The van der Waals surface area contributed by atoms with Gasteiger partial charge in [-0.15, -0.1) is 0 Å². The minimum absolute atomic E-state index is 0.150. The molecule has 0 amide bonds. The van der Waals surface area contributed by atoms with Gasteiger partial charge in [-0.2, -0.15) is 30.7 Å². The number of benzene rings is 1. The average Bonchev–Trinajstić information content (AvgIpc) is 2.35. The first-order valence-corrected chi connectivity index (χ1v) is 5.79. The summed E-state index contributed by atoms with van der Waals surface area (Å²) in [5.41, 5.74) is -0.654. The fraction of sp³-hybridized carbons (Fsp3) is 0.462. The van der Waals surface area contributed by atoms with Gasteiger partial charge in [-0.1, -0.05) is 0 Å². The SMILES string of the molecule is COc1c(C)cc(C(=O)C(F)(F)C(F)(F)C(F)(F)F)cc1C. The van der Waals surface area contributed by atoms with Gasteiger partial charge in [-0.25, -0.2) is 0 Å². The molecule has 1 rings (SSSR count). The minimum Gasteiger partial charge on any atom is -0.496 e. The first-order chi connectivity index (χ1) is 9.77. The van der Waals surface area contributed by atoms with Crippen LogP contribution < -0.4 is 4.74 Å². The Morgan fingerprint density at radius 1 is 0.955 bits per heavy atom. The molecule has 0 saturated heterocycles. The number of aryl methyl sites for hydroxylation is 2. The molecule has 0 bridgehead atoms. The molecule has 0 aliphatic carbocycles. The molecule has 1 aromatic rings. The molecule has 0 aromatic heterocycles. The summed E-state index contributed by atoms with van der Waals surface area (Å²) in [5.74, 6) is -14.8. The van der Waals surface area contributed by atoms with Crippen molar-refractivity contribution in [1.82, 2.24) is 0 Å². The summed E-state index contributed by atoms with van der Waals surface area (Å²) in [7, 11) is 1.25. The Kier molecular flexibility index (Phi) is 4.51. The summed E-state index contributed by atoms with van der Waals surface area (Å²) in [6, 6.07) is 1.54. The highest BCUT2D eigenvalue weighted by molar-refractivity contribution is 6.02. The van der Waals surface area contributed by atoms with Crippen LogP contribution in [-0.4, -0.2) is 30.9 Å². The van der Waals surface area contributed by atoms with Gasteiger partial charge in [0.1, 0.15) is 5.75 Å². The number of rotatable bonds is 4. The molecule has 0 aliphatic heterocycles. The maximum Gasteiger partial charge on any atom is 0.460 e. The molecule has 22 heavy (non-hydrogen) atoms. The van der Waals surface area contributed by atoms with Crippen molar-refractivity contribution < 1.29 is 40.3 Å². The van der Waals surface area contributed by atoms with E-state index < -0.39 is 29.4 Å². The van der Waals surface area contributed by atoms with E-state index in [1.54, 1.807) is 0 Å². The number of carbonyl (C=O) groups excluding carboxylic acids is 1. The van der Waals surface area contributed by atoms with E-state index in [2.05, 4.69) is 0 Å². The average molecular weight is 332 g/mol. The highest BCUT2D eigenvalue weighted by Gasteiger charge is 2.76. The standard InChI is InChI=1S/C13H11F7O2/c1-6-4-8(5-7(2)9(6)22-3)10(21)11(14,15)12(16,17)13(18,19)20/h4-5H,1-3H3. The monoisotopic (exact) mass is 332 g/mol. The van der Waals surface area contributed by atoms with Gasteiger partial charge in [0.15, 0.2) is 0 Å². The number of methoxy groups -OCH3 is 1. The predicted octanol–water partition coefficient (Wildman–Crippen LogP) is 4.33. The van der Waals surface area contributed by atoms with Gasteiger partial charge in [-0.3, -0.25) is 4.79 Å². The van der Waals surface area contributed by atoms with Crippen LogP contribution in [0.4, 0.5) is 30.7 Å². The van der Waals surface area contributed by atoms with Crippen LogP contribution >= 0.6 is 0 Å². The summed E-state index contributed by atoms with van der Waals surface area (Å²) in [6.07, 6.45) is -6.55. The summed E-state index contributed by atoms with van der Waals surface area (Å²) in [6.45, 7) is 2.67. The molecule has 0 spiro atoms. The molecule has 9 heteroatoms. The topological polar surface area (TPSA) is 26.3 Å². The molecule has 0 heterocycles. The van der Waals surface area contributed by atoms with Crippen molar-refractivity contribution in [3.8, 4) is 5.75 Å². The van der Waals surface area contributed by atoms with Gasteiger partial charge >= 0.3 is 18.0 Å². The molecule has 2 nitrogen and oxygen atoms in total. The lowest BCUT2D eigenvalue weighted by molar-refractivity contribution is -0.339. The number of hydrogen-bond acceptors (Lipinski definition) is 2. The van der Waals surface area contributed by atoms with Crippen LogP contribution in [0.15, 0.2) is 12.1 Å². The zero-order valence-corrected chi connectivity index (χ0v) is 11.6. The van der Waals surface area contributed by atoms with E-state index in [-0.39, 0.29) is 16.9 Å². The zero-order chi connectivity index (χ0) is 17.5. The van der Waals surface area contributed by atoms with Crippen LogP contribution in [0.1, 0.15) is 21.5 Å². The van der Waals surface area contributed by atoms with Crippen LogP contribution in [0, 0.1) is 13.8 Å².